The van der Waals surface area contributed by atoms with Gasteiger partial charge in [0.1, 0.15) is 10.9 Å². The van der Waals surface area contributed by atoms with Gasteiger partial charge in [-0.05, 0) is 45.3 Å². The average molecular weight is 416 g/mol. The number of aromatic nitrogens is 3. The summed E-state index contributed by atoms with van der Waals surface area (Å²) in [4.78, 5) is 26.5. The third-order valence-electron chi connectivity index (χ3n) is 5.82. The molecule has 1 saturated heterocycles. The van der Waals surface area contributed by atoms with Crippen LogP contribution < -0.4 is 15.6 Å². The van der Waals surface area contributed by atoms with E-state index in [0.29, 0.717) is 23.4 Å². The summed E-state index contributed by atoms with van der Waals surface area (Å²) >= 11 is 0. The van der Waals surface area contributed by atoms with Crippen LogP contribution in [0, 0.1) is 6.92 Å². The second kappa shape index (κ2) is 8.47. The lowest BCUT2D eigenvalue weighted by Gasteiger charge is -2.26. The second-order valence-electron chi connectivity index (χ2n) is 7.97. The van der Waals surface area contributed by atoms with Gasteiger partial charge >= 0.3 is 6.03 Å². The second-order valence-corrected chi connectivity index (χ2v) is 7.97. The average Bonchev–Trinajstić information content (AvgIpc) is 3.18. The Labute approximate surface area is 179 Å². The molecule has 3 aromatic rings. The first-order valence-electron chi connectivity index (χ1n) is 10.8. The molecule has 31 heavy (non-hydrogen) atoms. The van der Waals surface area contributed by atoms with Gasteiger partial charge in [0, 0.05) is 34.8 Å². The van der Waals surface area contributed by atoms with E-state index in [1.165, 1.54) is 32.4 Å². The van der Waals surface area contributed by atoms with Crippen LogP contribution in [-0.2, 0) is 0 Å². The van der Waals surface area contributed by atoms with Gasteiger partial charge in [0.05, 0.1) is 6.61 Å². The van der Waals surface area contributed by atoms with Gasteiger partial charge in [-0.1, -0.05) is 24.6 Å². The van der Waals surface area contributed by atoms with Crippen LogP contribution in [0.5, 0.6) is 5.88 Å². The summed E-state index contributed by atoms with van der Waals surface area (Å²) in [6.07, 6.45) is 4.97. The lowest BCUT2D eigenvalue weighted by atomic mass is 10.0. The molecule has 8 nitrogen and oxygen atoms in total. The number of pyridine rings is 1. The molecule has 0 saturated carbocycles. The number of ether oxygens (including phenoxy) is 1. The SMILES string of the molecule is Cc1nc(OCCCN2CCCCC2)ccc1-c1cccc2c3c(nnc12)=NC(=O)N=3. The zero-order valence-corrected chi connectivity index (χ0v) is 17.5. The Kier molecular flexibility index (Phi) is 5.38. The van der Waals surface area contributed by atoms with Crippen molar-refractivity contribution in [1.29, 1.82) is 0 Å². The highest BCUT2D eigenvalue weighted by Crippen LogP contribution is 2.28. The molecular weight excluding hydrogens is 392 g/mol. The molecular formula is C23H24N6O2. The Hall–Kier alpha value is -3.26. The van der Waals surface area contributed by atoms with Crippen LogP contribution in [-0.4, -0.2) is 52.4 Å². The van der Waals surface area contributed by atoms with Gasteiger partial charge in [-0.2, -0.15) is 9.98 Å². The quantitative estimate of drug-likeness (QED) is 0.574. The number of likely N-dealkylation sites (tertiary alicyclic amines) is 1. The summed E-state index contributed by atoms with van der Waals surface area (Å²) in [6.45, 7) is 6.11. The smallest absolute Gasteiger partial charge is 0.369 e. The highest BCUT2D eigenvalue weighted by atomic mass is 16.5. The van der Waals surface area contributed by atoms with Gasteiger partial charge in [0.25, 0.3) is 0 Å². The molecule has 0 N–H and O–H groups in total. The predicted octanol–water partition coefficient (Wildman–Crippen LogP) is 2.63. The molecule has 4 heterocycles. The van der Waals surface area contributed by atoms with E-state index in [4.69, 9.17) is 4.74 Å². The van der Waals surface area contributed by atoms with Gasteiger partial charge in [-0.25, -0.2) is 9.78 Å². The third-order valence-corrected chi connectivity index (χ3v) is 5.82. The van der Waals surface area contributed by atoms with E-state index < -0.39 is 6.03 Å². The Morgan fingerprint density at radius 2 is 1.87 bits per heavy atom. The number of urea groups is 1. The molecule has 158 valence electrons. The molecule has 1 fully saturated rings. The maximum absolute atomic E-state index is 11.6. The van der Waals surface area contributed by atoms with Crippen molar-refractivity contribution in [3.05, 3.63) is 46.9 Å². The van der Waals surface area contributed by atoms with E-state index >= 15 is 0 Å². The summed E-state index contributed by atoms with van der Waals surface area (Å²) in [7, 11) is 0. The number of carbonyl (C=O) groups is 1. The summed E-state index contributed by atoms with van der Waals surface area (Å²) in [5.41, 5.74) is 3.64. The van der Waals surface area contributed by atoms with Crippen molar-refractivity contribution in [2.45, 2.75) is 32.6 Å². The van der Waals surface area contributed by atoms with Crippen molar-refractivity contribution in [2.24, 2.45) is 9.98 Å². The fourth-order valence-electron chi connectivity index (χ4n) is 4.27. The Morgan fingerprint density at radius 1 is 1.00 bits per heavy atom. The van der Waals surface area contributed by atoms with Gasteiger partial charge in [-0.15, -0.1) is 10.2 Å². The monoisotopic (exact) mass is 416 g/mol. The minimum absolute atomic E-state index is 0.276. The summed E-state index contributed by atoms with van der Waals surface area (Å²) in [5, 5.41) is 9.63. The molecule has 0 bridgehead atoms. The van der Waals surface area contributed by atoms with Crippen LogP contribution in [0.4, 0.5) is 4.79 Å². The topological polar surface area (TPSA) is 92.9 Å². The number of aryl methyl sites for hydroxylation is 1. The fourth-order valence-corrected chi connectivity index (χ4v) is 4.27. The van der Waals surface area contributed by atoms with Crippen LogP contribution in [0.2, 0.25) is 0 Å². The molecule has 8 heteroatoms. The normalized spacial score (nSPS) is 16.1. The molecule has 0 spiro atoms. The maximum Gasteiger partial charge on any atom is 0.369 e. The Bertz CT molecular complexity index is 1270. The highest BCUT2D eigenvalue weighted by Gasteiger charge is 2.15. The van der Waals surface area contributed by atoms with Gasteiger partial charge in [-0.3, -0.25) is 0 Å². The van der Waals surface area contributed by atoms with Gasteiger partial charge < -0.3 is 9.64 Å². The number of carbonyl (C=O) groups excluding carboxylic acids is 1. The molecule has 0 aliphatic carbocycles. The van der Waals surface area contributed by atoms with Crippen molar-refractivity contribution in [3.63, 3.8) is 0 Å². The van der Waals surface area contributed by atoms with Crippen molar-refractivity contribution < 1.29 is 9.53 Å². The van der Waals surface area contributed by atoms with Crippen molar-refractivity contribution in [1.82, 2.24) is 20.1 Å². The zero-order valence-electron chi connectivity index (χ0n) is 17.5. The number of nitrogens with zero attached hydrogens (tertiary/aromatic N) is 6. The molecule has 0 radical (unpaired) electrons. The summed E-state index contributed by atoms with van der Waals surface area (Å²) in [6, 6.07) is 9.13. The molecule has 2 aromatic heterocycles. The van der Waals surface area contributed by atoms with E-state index in [9.17, 15) is 4.79 Å². The number of rotatable bonds is 6. The van der Waals surface area contributed by atoms with E-state index in [0.717, 1.165) is 35.2 Å². The van der Waals surface area contributed by atoms with Gasteiger partial charge in [0.2, 0.25) is 11.4 Å². The van der Waals surface area contributed by atoms with Crippen molar-refractivity contribution in [2.75, 3.05) is 26.2 Å². The van der Waals surface area contributed by atoms with E-state index in [2.05, 4.69) is 30.1 Å². The van der Waals surface area contributed by atoms with Gasteiger partial charge in [0.15, 0.2) is 0 Å². The minimum Gasteiger partial charge on any atom is -0.478 e. The van der Waals surface area contributed by atoms with Crippen LogP contribution in [0.3, 0.4) is 0 Å². The summed E-state index contributed by atoms with van der Waals surface area (Å²) < 4.78 is 5.90. The van der Waals surface area contributed by atoms with E-state index in [1.807, 2.05) is 37.3 Å². The first-order chi connectivity index (χ1) is 15.2. The van der Waals surface area contributed by atoms with Crippen LogP contribution in [0.15, 0.2) is 40.3 Å². The Morgan fingerprint density at radius 3 is 2.71 bits per heavy atom. The first kappa shape index (κ1) is 19.7. The Balaban J connectivity index is 1.34. The largest absolute Gasteiger partial charge is 0.478 e. The molecule has 2 amide bonds. The molecule has 0 atom stereocenters. The lowest BCUT2D eigenvalue weighted by Crippen LogP contribution is -2.31. The van der Waals surface area contributed by atoms with Crippen molar-refractivity contribution in [3.8, 4) is 17.0 Å². The number of fused-ring (bicyclic) bond motifs is 3. The van der Waals surface area contributed by atoms with Crippen molar-refractivity contribution >= 4 is 16.9 Å². The van der Waals surface area contributed by atoms with Crippen LogP contribution in [0.1, 0.15) is 31.4 Å². The van der Waals surface area contributed by atoms with Crippen LogP contribution >= 0.6 is 0 Å². The maximum atomic E-state index is 11.6. The number of benzene rings is 1. The fraction of sp³-hybridized carbons (Fsp3) is 0.391. The van der Waals surface area contributed by atoms with E-state index in [1.54, 1.807) is 0 Å². The zero-order chi connectivity index (χ0) is 21.2. The third kappa shape index (κ3) is 4.03. The molecule has 2 aliphatic rings. The minimum atomic E-state index is -0.540. The highest BCUT2D eigenvalue weighted by molar-refractivity contribution is 5.94. The predicted molar refractivity (Wildman–Crippen MR) is 116 cm³/mol. The van der Waals surface area contributed by atoms with Crippen LogP contribution in [0.25, 0.3) is 22.0 Å². The molecule has 2 aliphatic heterocycles. The number of hydrogen-bond donors (Lipinski definition) is 0. The number of amides is 2. The molecule has 5 rings (SSSR count). The molecule has 0 unspecified atom stereocenters. The first-order valence-corrected chi connectivity index (χ1v) is 10.8. The van der Waals surface area contributed by atoms with E-state index in [-0.39, 0.29) is 5.49 Å². The number of hydrogen-bond acceptors (Lipinski definition) is 6. The standard InChI is InChI=1S/C23H24N6O2/c1-15-16(9-10-19(24-15)31-14-6-13-29-11-3-2-4-12-29)17-7-5-8-18-20(17)27-28-22-21(18)25-23(30)26-22/h5,7-10H,2-4,6,11-14H2,1H3. The molecule has 1 aromatic carbocycles. The lowest BCUT2D eigenvalue weighted by molar-refractivity contribution is 0.203. The number of piperidine rings is 1. The summed E-state index contributed by atoms with van der Waals surface area (Å²) in [5.74, 6) is 0.631.